The Morgan fingerprint density at radius 2 is 2.21 bits per heavy atom. The third-order valence-corrected chi connectivity index (χ3v) is 3.48. The second-order valence-corrected chi connectivity index (χ2v) is 4.57. The van der Waals surface area contributed by atoms with Gasteiger partial charge in [-0.1, -0.05) is 12.1 Å². The number of carbonyl (C=O) groups excluding carboxylic acids is 1. The van der Waals surface area contributed by atoms with Gasteiger partial charge < -0.3 is 15.0 Å². The Hall–Kier alpha value is -1.90. The van der Waals surface area contributed by atoms with Crippen molar-refractivity contribution in [3.8, 4) is 6.07 Å². The maximum absolute atomic E-state index is 12.5. The van der Waals surface area contributed by atoms with Crippen LogP contribution in [0, 0.1) is 17.2 Å². The second-order valence-electron chi connectivity index (χ2n) is 4.57. The van der Waals surface area contributed by atoms with Crippen molar-refractivity contribution in [1.82, 2.24) is 5.32 Å². The minimum atomic E-state index is -0.207. The zero-order valence-corrected chi connectivity index (χ0v) is 11.1. The number of rotatable bonds is 3. The molecule has 2 rings (SSSR count). The standard InChI is InChI=1S/C14H17N3O2/c1-16-12-9-19-8-11(12)14(18)17(2)13-6-4-3-5-10(13)7-15/h3-6,11-12,16H,8-9H2,1-2H3. The summed E-state index contributed by atoms with van der Waals surface area (Å²) in [6.07, 6.45) is 0. The van der Waals surface area contributed by atoms with E-state index in [9.17, 15) is 4.79 Å². The fourth-order valence-electron chi connectivity index (χ4n) is 2.31. The van der Waals surface area contributed by atoms with E-state index in [0.29, 0.717) is 24.5 Å². The molecule has 0 aromatic heterocycles. The van der Waals surface area contributed by atoms with Gasteiger partial charge in [-0.2, -0.15) is 5.26 Å². The Morgan fingerprint density at radius 3 is 2.89 bits per heavy atom. The first kappa shape index (κ1) is 13.5. The Labute approximate surface area is 112 Å². The lowest BCUT2D eigenvalue weighted by Gasteiger charge is -2.24. The van der Waals surface area contributed by atoms with Crippen LogP contribution < -0.4 is 10.2 Å². The summed E-state index contributed by atoms with van der Waals surface area (Å²) in [5, 5.41) is 12.2. The molecule has 1 saturated heterocycles. The summed E-state index contributed by atoms with van der Waals surface area (Å²) >= 11 is 0. The Balaban J connectivity index is 2.22. The number of likely N-dealkylation sites (N-methyl/N-ethyl adjacent to an activating group) is 1. The molecule has 0 bridgehead atoms. The highest BCUT2D eigenvalue weighted by Gasteiger charge is 2.35. The smallest absolute Gasteiger partial charge is 0.233 e. The highest BCUT2D eigenvalue weighted by Crippen LogP contribution is 2.23. The van der Waals surface area contributed by atoms with Gasteiger partial charge in [0.25, 0.3) is 0 Å². The molecule has 5 nitrogen and oxygen atoms in total. The first-order valence-corrected chi connectivity index (χ1v) is 6.20. The van der Waals surface area contributed by atoms with Crippen molar-refractivity contribution in [2.45, 2.75) is 6.04 Å². The van der Waals surface area contributed by atoms with Gasteiger partial charge >= 0.3 is 0 Å². The van der Waals surface area contributed by atoms with Crippen LogP contribution in [0.2, 0.25) is 0 Å². The number of hydrogen-bond donors (Lipinski definition) is 1. The molecule has 1 aromatic rings. The molecule has 2 atom stereocenters. The first-order chi connectivity index (χ1) is 9.19. The van der Waals surface area contributed by atoms with Crippen LogP contribution in [-0.2, 0) is 9.53 Å². The first-order valence-electron chi connectivity index (χ1n) is 6.20. The van der Waals surface area contributed by atoms with E-state index in [1.807, 2.05) is 13.1 Å². The Bertz CT molecular complexity index is 510. The minimum absolute atomic E-state index is 0.0282. The molecule has 1 aliphatic rings. The van der Waals surface area contributed by atoms with E-state index in [4.69, 9.17) is 10.00 Å². The van der Waals surface area contributed by atoms with Crippen LogP contribution in [-0.4, -0.2) is 39.3 Å². The SMILES string of the molecule is CNC1COCC1C(=O)N(C)c1ccccc1C#N. The van der Waals surface area contributed by atoms with Gasteiger partial charge in [-0.25, -0.2) is 0 Å². The van der Waals surface area contributed by atoms with Gasteiger partial charge in [0, 0.05) is 13.1 Å². The third kappa shape index (κ3) is 2.60. The molecule has 100 valence electrons. The van der Waals surface area contributed by atoms with E-state index in [2.05, 4.69) is 11.4 Å². The van der Waals surface area contributed by atoms with Crippen LogP contribution in [0.5, 0.6) is 0 Å². The van der Waals surface area contributed by atoms with Crippen LogP contribution in [0.1, 0.15) is 5.56 Å². The molecular weight excluding hydrogens is 242 g/mol. The predicted molar refractivity (Wildman–Crippen MR) is 71.7 cm³/mol. The second kappa shape index (κ2) is 5.83. The van der Waals surface area contributed by atoms with E-state index in [0.717, 1.165) is 0 Å². The van der Waals surface area contributed by atoms with E-state index < -0.39 is 0 Å². The van der Waals surface area contributed by atoms with Crippen molar-refractivity contribution in [2.75, 3.05) is 32.2 Å². The quantitative estimate of drug-likeness (QED) is 0.870. The molecule has 0 spiro atoms. The maximum atomic E-state index is 12.5. The molecule has 19 heavy (non-hydrogen) atoms. The van der Waals surface area contributed by atoms with E-state index in [-0.39, 0.29) is 17.9 Å². The Kier molecular flexibility index (Phi) is 4.15. The molecule has 2 unspecified atom stereocenters. The predicted octanol–water partition coefficient (Wildman–Crippen LogP) is 0.755. The van der Waals surface area contributed by atoms with Gasteiger partial charge in [0.05, 0.1) is 30.4 Å². The van der Waals surface area contributed by atoms with Gasteiger partial charge in [0.1, 0.15) is 6.07 Å². The fourth-order valence-corrected chi connectivity index (χ4v) is 2.31. The molecule has 1 aromatic carbocycles. The average molecular weight is 259 g/mol. The lowest BCUT2D eigenvalue weighted by atomic mass is 10.0. The topological polar surface area (TPSA) is 65.4 Å². The van der Waals surface area contributed by atoms with Gasteiger partial charge in [0.2, 0.25) is 5.91 Å². The highest BCUT2D eigenvalue weighted by molar-refractivity contribution is 5.96. The summed E-state index contributed by atoms with van der Waals surface area (Å²) in [6, 6.07) is 9.23. The zero-order chi connectivity index (χ0) is 13.8. The number of amides is 1. The summed E-state index contributed by atoms with van der Waals surface area (Å²) in [6.45, 7) is 0.962. The van der Waals surface area contributed by atoms with Crippen molar-refractivity contribution >= 4 is 11.6 Å². The van der Waals surface area contributed by atoms with Crippen molar-refractivity contribution in [3.05, 3.63) is 29.8 Å². The maximum Gasteiger partial charge on any atom is 0.233 e. The Morgan fingerprint density at radius 1 is 1.47 bits per heavy atom. The minimum Gasteiger partial charge on any atom is -0.379 e. The van der Waals surface area contributed by atoms with E-state index in [1.165, 1.54) is 0 Å². The molecule has 1 amide bonds. The molecule has 5 heteroatoms. The number of hydrogen-bond acceptors (Lipinski definition) is 4. The number of nitrogens with zero attached hydrogens (tertiary/aromatic N) is 2. The number of nitrogens with one attached hydrogen (secondary N) is 1. The summed E-state index contributed by atoms with van der Waals surface area (Å²) in [7, 11) is 3.52. The number of carbonyl (C=O) groups is 1. The number of anilines is 1. The molecule has 0 aliphatic carbocycles. The molecule has 1 fully saturated rings. The molecule has 0 saturated carbocycles. The number of benzene rings is 1. The van der Waals surface area contributed by atoms with Crippen molar-refractivity contribution in [2.24, 2.45) is 5.92 Å². The molecule has 1 heterocycles. The van der Waals surface area contributed by atoms with Crippen molar-refractivity contribution in [3.63, 3.8) is 0 Å². The summed E-state index contributed by atoms with van der Waals surface area (Å²) < 4.78 is 5.35. The third-order valence-electron chi connectivity index (χ3n) is 3.48. The lowest BCUT2D eigenvalue weighted by molar-refractivity contribution is -0.122. The van der Waals surface area contributed by atoms with Crippen LogP contribution in [0.4, 0.5) is 5.69 Å². The van der Waals surface area contributed by atoms with Crippen LogP contribution in [0.25, 0.3) is 0 Å². The molecule has 1 N–H and O–H groups in total. The lowest BCUT2D eigenvalue weighted by Crippen LogP contribution is -2.43. The average Bonchev–Trinajstić information content (AvgIpc) is 2.94. The summed E-state index contributed by atoms with van der Waals surface area (Å²) in [4.78, 5) is 14.0. The van der Waals surface area contributed by atoms with Gasteiger partial charge in [-0.3, -0.25) is 4.79 Å². The molecule has 1 aliphatic heterocycles. The van der Waals surface area contributed by atoms with E-state index in [1.54, 1.807) is 30.1 Å². The van der Waals surface area contributed by atoms with Crippen LogP contribution in [0.3, 0.4) is 0 Å². The monoisotopic (exact) mass is 259 g/mol. The molecular formula is C14H17N3O2. The zero-order valence-electron chi connectivity index (χ0n) is 11.1. The largest absolute Gasteiger partial charge is 0.379 e. The van der Waals surface area contributed by atoms with Crippen LogP contribution in [0.15, 0.2) is 24.3 Å². The van der Waals surface area contributed by atoms with Gasteiger partial charge in [0.15, 0.2) is 0 Å². The van der Waals surface area contributed by atoms with Crippen molar-refractivity contribution < 1.29 is 9.53 Å². The highest BCUT2D eigenvalue weighted by atomic mass is 16.5. The number of para-hydroxylation sites is 1. The van der Waals surface area contributed by atoms with Crippen molar-refractivity contribution in [1.29, 1.82) is 5.26 Å². The number of nitriles is 1. The van der Waals surface area contributed by atoms with Gasteiger partial charge in [-0.05, 0) is 19.2 Å². The molecule has 0 radical (unpaired) electrons. The summed E-state index contributed by atoms with van der Waals surface area (Å²) in [5.41, 5.74) is 1.13. The van der Waals surface area contributed by atoms with Gasteiger partial charge in [-0.15, -0.1) is 0 Å². The van der Waals surface area contributed by atoms with Crippen LogP contribution >= 0.6 is 0 Å². The normalized spacial score (nSPS) is 21.9. The number of ether oxygens (including phenoxy) is 1. The fraction of sp³-hybridized carbons (Fsp3) is 0.429. The van der Waals surface area contributed by atoms with E-state index >= 15 is 0 Å². The summed E-state index contributed by atoms with van der Waals surface area (Å²) in [5.74, 6) is -0.235.